The van der Waals surface area contributed by atoms with Crippen LogP contribution in [0, 0.1) is 11.3 Å². The fourth-order valence-electron chi connectivity index (χ4n) is 1.98. The molecule has 1 unspecified atom stereocenters. The third-order valence-electron chi connectivity index (χ3n) is 2.96. The van der Waals surface area contributed by atoms with Gasteiger partial charge in [-0.25, -0.2) is 13.1 Å². The van der Waals surface area contributed by atoms with Crippen LogP contribution < -0.4 is 4.72 Å². The molecule has 110 valence electrons. The van der Waals surface area contributed by atoms with Gasteiger partial charge in [-0.1, -0.05) is 18.2 Å². The summed E-state index contributed by atoms with van der Waals surface area (Å²) in [5, 5.41) is 10.6. The van der Waals surface area contributed by atoms with Crippen molar-refractivity contribution in [1.29, 1.82) is 5.26 Å². The van der Waals surface area contributed by atoms with Crippen LogP contribution in [-0.4, -0.2) is 14.5 Å². The van der Waals surface area contributed by atoms with Gasteiger partial charge in [0.05, 0.1) is 17.4 Å². The molecule has 0 spiro atoms. The molecule has 0 amide bonds. The molecule has 1 N–H and O–H groups in total. The molecule has 0 aliphatic rings. The van der Waals surface area contributed by atoms with Gasteiger partial charge in [0.2, 0.25) is 10.0 Å². The summed E-state index contributed by atoms with van der Waals surface area (Å²) in [5.74, 6) is 0. The lowest BCUT2D eigenvalue weighted by molar-refractivity contribution is 0.560. The number of sulfonamides is 1. The van der Waals surface area contributed by atoms with Crippen LogP contribution in [0.2, 0.25) is 0 Å². The van der Waals surface area contributed by atoms with Crippen LogP contribution in [0.4, 0.5) is 0 Å². The van der Waals surface area contributed by atoms with Gasteiger partial charge < -0.3 is 0 Å². The lowest BCUT2D eigenvalue weighted by Crippen LogP contribution is -2.33. The standard InChI is InChI=1S/C15H16N2O2S2/c1-12(11-14-3-2-10-20-14)17-21(18,19)15-6-4-13(5-7-15)8-9-16/h2-7,10,12,17H,8,11H2,1H3. The molecule has 2 rings (SSSR count). The van der Waals surface area contributed by atoms with E-state index in [4.69, 9.17) is 5.26 Å². The Morgan fingerprint density at radius 1 is 1.29 bits per heavy atom. The molecule has 21 heavy (non-hydrogen) atoms. The highest BCUT2D eigenvalue weighted by Crippen LogP contribution is 2.14. The van der Waals surface area contributed by atoms with Crippen molar-refractivity contribution < 1.29 is 8.42 Å². The molecule has 0 fully saturated rings. The number of thiophene rings is 1. The van der Waals surface area contributed by atoms with Gasteiger partial charge in [0.15, 0.2) is 0 Å². The van der Waals surface area contributed by atoms with Crippen molar-refractivity contribution in [1.82, 2.24) is 4.72 Å². The SMILES string of the molecule is CC(Cc1cccs1)NS(=O)(=O)c1ccc(CC#N)cc1. The Hall–Kier alpha value is -1.68. The molecule has 0 aliphatic carbocycles. The molecular formula is C15H16N2O2S2. The van der Waals surface area contributed by atoms with Gasteiger partial charge in [-0.2, -0.15) is 5.26 Å². The minimum Gasteiger partial charge on any atom is -0.208 e. The first kappa shape index (κ1) is 15.7. The Kier molecular flexibility index (Phi) is 5.12. The minimum absolute atomic E-state index is 0.174. The molecule has 4 nitrogen and oxygen atoms in total. The van der Waals surface area contributed by atoms with Crippen LogP contribution in [-0.2, 0) is 22.9 Å². The minimum atomic E-state index is -3.52. The topological polar surface area (TPSA) is 70.0 Å². The highest BCUT2D eigenvalue weighted by molar-refractivity contribution is 7.89. The predicted molar refractivity (Wildman–Crippen MR) is 83.6 cm³/mol. The molecule has 0 radical (unpaired) electrons. The van der Waals surface area contributed by atoms with Crippen molar-refractivity contribution in [3.8, 4) is 6.07 Å². The fourth-order valence-corrected chi connectivity index (χ4v) is 4.06. The molecule has 1 aromatic heterocycles. The summed E-state index contributed by atoms with van der Waals surface area (Å²) in [6.07, 6.45) is 0.950. The molecule has 6 heteroatoms. The fraction of sp³-hybridized carbons (Fsp3) is 0.267. The first-order chi connectivity index (χ1) is 10.0. The van der Waals surface area contributed by atoms with Crippen LogP contribution >= 0.6 is 11.3 Å². The van der Waals surface area contributed by atoms with Crippen molar-refractivity contribution in [3.05, 3.63) is 52.2 Å². The van der Waals surface area contributed by atoms with Gasteiger partial charge in [0, 0.05) is 10.9 Å². The van der Waals surface area contributed by atoms with Crippen molar-refractivity contribution in [3.63, 3.8) is 0 Å². The summed E-state index contributed by atoms with van der Waals surface area (Å²) in [5.41, 5.74) is 0.808. The maximum atomic E-state index is 12.3. The number of hydrogen-bond donors (Lipinski definition) is 1. The zero-order valence-electron chi connectivity index (χ0n) is 11.6. The van der Waals surface area contributed by atoms with Gasteiger partial charge in [-0.3, -0.25) is 0 Å². The van der Waals surface area contributed by atoms with E-state index in [1.807, 2.05) is 30.5 Å². The van der Waals surface area contributed by atoms with E-state index in [9.17, 15) is 8.42 Å². The zero-order chi connectivity index (χ0) is 15.3. The Labute approximate surface area is 129 Å². The lowest BCUT2D eigenvalue weighted by Gasteiger charge is -2.13. The highest BCUT2D eigenvalue weighted by Gasteiger charge is 2.17. The first-order valence-corrected chi connectivity index (χ1v) is 8.88. The van der Waals surface area contributed by atoms with Crippen molar-refractivity contribution >= 4 is 21.4 Å². The maximum absolute atomic E-state index is 12.3. The van der Waals surface area contributed by atoms with Crippen LogP contribution in [0.15, 0.2) is 46.7 Å². The van der Waals surface area contributed by atoms with Crippen molar-refractivity contribution in [2.75, 3.05) is 0 Å². The average Bonchev–Trinajstić information content (AvgIpc) is 2.92. The second-order valence-electron chi connectivity index (χ2n) is 4.78. The van der Waals surface area contributed by atoms with Crippen LogP contribution in [0.5, 0.6) is 0 Å². The van der Waals surface area contributed by atoms with E-state index in [1.165, 1.54) is 12.1 Å². The Bertz CT molecular complexity index is 714. The van der Waals surface area contributed by atoms with E-state index in [0.717, 1.165) is 10.4 Å². The van der Waals surface area contributed by atoms with E-state index < -0.39 is 10.0 Å². The number of benzene rings is 1. The molecule has 2 aromatic rings. The van der Waals surface area contributed by atoms with Gasteiger partial charge in [0.1, 0.15) is 0 Å². The summed E-state index contributed by atoms with van der Waals surface area (Å²) in [6.45, 7) is 1.85. The molecular weight excluding hydrogens is 304 g/mol. The van der Waals surface area contributed by atoms with E-state index in [-0.39, 0.29) is 17.4 Å². The zero-order valence-corrected chi connectivity index (χ0v) is 13.2. The Morgan fingerprint density at radius 3 is 2.57 bits per heavy atom. The number of rotatable bonds is 6. The number of nitrogens with one attached hydrogen (secondary N) is 1. The quantitative estimate of drug-likeness (QED) is 0.889. The summed E-state index contributed by atoms with van der Waals surface area (Å²) < 4.78 is 27.2. The van der Waals surface area contributed by atoms with E-state index in [2.05, 4.69) is 4.72 Å². The third-order valence-corrected chi connectivity index (χ3v) is 5.46. The number of nitrogens with zero attached hydrogens (tertiary/aromatic N) is 1. The lowest BCUT2D eigenvalue weighted by atomic mass is 10.2. The molecule has 0 saturated carbocycles. The summed E-state index contributed by atoms with van der Waals surface area (Å²) in [4.78, 5) is 1.37. The molecule has 1 atom stereocenters. The number of hydrogen-bond acceptors (Lipinski definition) is 4. The predicted octanol–water partition coefficient (Wildman–Crippen LogP) is 2.72. The van der Waals surface area contributed by atoms with Crippen LogP contribution in [0.1, 0.15) is 17.4 Å². The van der Waals surface area contributed by atoms with Gasteiger partial charge in [0.25, 0.3) is 0 Å². The van der Waals surface area contributed by atoms with Crippen LogP contribution in [0.25, 0.3) is 0 Å². The summed E-state index contributed by atoms with van der Waals surface area (Å²) >= 11 is 1.62. The van der Waals surface area contributed by atoms with Crippen molar-refractivity contribution in [2.24, 2.45) is 0 Å². The second kappa shape index (κ2) is 6.85. The maximum Gasteiger partial charge on any atom is 0.240 e. The monoisotopic (exact) mass is 320 g/mol. The van der Waals surface area contributed by atoms with E-state index >= 15 is 0 Å². The molecule has 0 aliphatic heterocycles. The van der Waals surface area contributed by atoms with Crippen molar-refractivity contribution in [2.45, 2.75) is 30.7 Å². The second-order valence-corrected chi connectivity index (χ2v) is 7.53. The van der Waals surface area contributed by atoms with Gasteiger partial charge in [-0.15, -0.1) is 11.3 Å². The van der Waals surface area contributed by atoms with Gasteiger partial charge in [-0.05, 0) is 42.5 Å². The van der Waals surface area contributed by atoms with Gasteiger partial charge >= 0.3 is 0 Å². The Balaban J connectivity index is 2.05. The largest absolute Gasteiger partial charge is 0.240 e. The van der Waals surface area contributed by atoms with Crippen LogP contribution in [0.3, 0.4) is 0 Å². The molecule has 1 heterocycles. The summed E-state index contributed by atoms with van der Waals surface area (Å²) in [7, 11) is -3.52. The smallest absolute Gasteiger partial charge is 0.208 e. The highest BCUT2D eigenvalue weighted by atomic mass is 32.2. The summed E-state index contributed by atoms with van der Waals surface area (Å²) in [6, 6.07) is 12.2. The average molecular weight is 320 g/mol. The molecule has 0 bridgehead atoms. The number of nitriles is 1. The third kappa shape index (κ3) is 4.39. The van der Waals surface area contributed by atoms with E-state index in [0.29, 0.717) is 6.42 Å². The molecule has 0 saturated heterocycles. The van der Waals surface area contributed by atoms with E-state index in [1.54, 1.807) is 23.5 Å². The first-order valence-electron chi connectivity index (χ1n) is 6.52. The Morgan fingerprint density at radius 2 is 2.00 bits per heavy atom. The normalized spacial score (nSPS) is 12.8. The molecule has 1 aromatic carbocycles.